The first-order chi connectivity index (χ1) is 11.5. The fraction of sp³-hybridized carbons (Fsp3) is 0.667. The van der Waals surface area contributed by atoms with Crippen LogP contribution in [0.15, 0.2) is 0 Å². The summed E-state index contributed by atoms with van der Waals surface area (Å²) in [6.07, 6.45) is 1.21. The van der Waals surface area contributed by atoms with E-state index in [1.54, 1.807) is 11.8 Å². The van der Waals surface area contributed by atoms with Gasteiger partial charge >= 0.3 is 5.97 Å². The van der Waals surface area contributed by atoms with Crippen LogP contribution in [0.2, 0.25) is 0 Å². The maximum atomic E-state index is 12.6. The Kier molecular flexibility index (Phi) is 4.53. The van der Waals surface area contributed by atoms with Gasteiger partial charge in [-0.2, -0.15) is 8.75 Å². The molecule has 0 bridgehead atoms. The van der Waals surface area contributed by atoms with E-state index < -0.39 is 0 Å². The first-order valence-corrected chi connectivity index (χ1v) is 8.68. The number of fused-ring (bicyclic) bond motifs is 1. The average Bonchev–Trinajstić information content (AvgIpc) is 3.16. The van der Waals surface area contributed by atoms with Gasteiger partial charge in [0.2, 0.25) is 5.91 Å². The standard InChI is InChI=1S/C15H20N4O4S/c1-4-11-10(15(22)23-3)5-9-6-18(7-12(20)19(9)11)14(21)13-8(2)16-24-17-13/h9-11H,4-7H2,1-3H3/t9-,10-,11-/m0/s1. The molecule has 3 atom stereocenters. The number of aryl methyl sites for hydroxylation is 1. The quantitative estimate of drug-likeness (QED) is 0.734. The molecule has 24 heavy (non-hydrogen) atoms. The van der Waals surface area contributed by atoms with Gasteiger partial charge in [0, 0.05) is 12.6 Å². The molecule has 0 N–H and O–H groups in total. The van der Waals surface area contributed by atoms with Crippen molar-refractivity contribution in [2.75, 3.05) is 20.2 Å². The Bertz CT molecular complexity index is 676. The van der Waals surface area contributed by atoms with Gasteiger partial charge in [0.15, 0.2) is 5.69 Å². The van der Waals surface area contributed by atoms with E-state index in [4.69, 9.17) is 4.74 Å². The lowest BCUT2D eigenvalue weighted by atomic mass is 9.97. The predicted molar refractivity (Wildman–Crippen MR) is 85.4 cm³/mol. The Hall–Kier alpha value is -2.03. The van der Waals surface area contributed by atoms with Crippen molar-refractivity contribution in [3.05, 3.63) is 11.4 Å². The molecular formula is C15H20N4O4S. The summed E-state index contributed by atoms with van der Waals surface area (Å²) >= 11 is 0.986. The number of amides is 2. The molecule has 130 valence electrons. The Morgan fingerprint density at radius 3 is 2.71 bits per heavy atom. The van der Waals surface area contributed by atoms with Crippen LogP contribution in [-0.2, 0) is 14.3 Å². The van der Waals surface area contributed by atoms with E-state index in [9.17, 15) is 14.4 Å². The minimum absolute atomic E-state index is 0.0106. The van der Waals surface area contributed by atoms with Crippen LogP contribution in [0.3, 0.4) is 0 Å². The van der Waals surface area contributed by atoms with E-state index >= 15 is 0 Å². The number of carbonyl (C=O) groups is 3. The molecule has 0 aliphatic carbocycles. The number of piperazine rings is 1. The molecule has 2 saturated heterocycles. The third-order valence-electron chi connectivity index (χ3n) is 4.85. The highest BCUT2D eigenvalue weighted by Gasteiger charge is 2.50. The number of hydrogen-bond donors (Lipinski definition) is 0. The molecule has 1 aromatic heterocycles. The van der Waals surface area contributed by atoms with Gasteiger partial charge in [-0.05, 0) is 19.8 Å². The average molecular weight is 352 g/mol. The Labute approximate surface area is 144 Å². The maximum absolute atomic E-state index is 12.6. The number of carbonyl (C=O) groups excluding carboxylic acids is 3. The van der Waals surface area contributed by atoms with E-state index in [0.29, 0.717) is 30.8 Å². The first-order valence-electron chi connectivity index (χ1n) is 7.95. The Morgan fingerprint density at radius 1 is 1.38 bits per heavy atom. The van der Waals surface area contributed by atoms with Crippen LogP contribution in [0.25, 0.3) is 0 Å². The zero-order valence-corrected chi connectivity index (χ0v) is 14.7. The van der Waals surface area contributed by atoms with E-state index in [2.05, 4.69) is 8.75 Å². The fourth-order valence-electron chi connectivity index (χ4n) is 3.76. The van der Waals surface area contributed by atoms with Gasteiger partial charge in [-0.15, -0.1) is 0 Å². The second-order valence-electron chi connectivity index (χ2n) is 6.18. The summed E-state index contributed by atoms with van der Waals surface area (Å²) in [6, 6.07) is -0.314. The number of aromatic nitrogens is 2. The zero-order valence-electron chi connectivity index (χ0n) is 13.9. The highest BCUT2D eigenvalue weighted by molar-refractivity contribution is 6.99. The lowest BCUT2D eigenvalue weighted by Crippen LogP contribution is -2.57. The summed E-state index contributed by atoms with van der Waals surface area (Å²) in [7, 11) is 1.36. The third kappa shape index (κ3) is 2.66. The minimum Gasteiger partial charge on any atom is -0.469 e. The molecule has 0 saturated carbocycles. The SMILES string of the molecule is CC[C@H]1[C@@H](C(=O)OC)C[C@H]2CN(C(=O)c3nsnc3C)CC(=O)N21. The second kappa shape index (κ2) is 6.46. The molecule has 0 spiro atoms. The Morgan fingerprint density at radius 2 is 2.12 bits per heavy atom. The third-order valence-corrected chi connectivity index (χ3v) is 5.47. The van der Waals surface area contributed by atoms with E-state index in [0.717, 1.165) is 11.7 Å². The number of methoxy groups -OCH3 is 1. The fourth-order valence-corrected chi connectivity index (χ4v) is 4.30. The monoisotopic (exact) mass is 352 g/mol. The summed E-state index contributed by atoms with van der Waals surface area (Å²) in [4.78, 5) is 40.5. The van der Waals surface area contributed by atoms with Crippen LogP contribution in [-0.4, -0.2) is 68.6 Å². The number of nitrogens with zero attached hydrogens (tertiary/aromatic N) is 4. The van der Waals surface area contributed by atoms with Crippen LogP contribution in [0.4, 0.5) is 0 Å². The van der Waals surface area contributed by atoms with Gasteiger partial charge in [0.1, 0.15) is 6.54 Å². The smallest absolute Gasteiger partial charge is 0.310 e. The van der Waals surface area contributed by atoms with Gasteiger partial charge in [0.05, 0.1) is 36.5 Å². The number of hydrogen-bond acceptors (Lipinski definition) is 7. The van der Waals surface area contributed by atoms with Crippen LogP contribution < -0.4 is 0 Å². The van der Waals surface area contributed by atoms with E-state index in [-0.39, 0.29) is 42.3 Å². The lowest BCUT2D eigenvalue weighted by molar-refractivity contribution is -0.147. The van der Waals surface area contributed by atoms with Crippen molar-refractivity contribution >= 4 is 29.5 Å². The van der Waals surface area contributed by atoms with Crippen molar-refractivity contribution in [2.45, 2.75) is 38.8 Å². The van der Waals surface area contributed by atoms with Crippen molar-refractivity contribution in [3.63, 3.8) is 0 Å². The molecule has 3 heterocycles. The molecule has 2 fully saturated rings. The molecule has 0 unspecified atom stereocenters. The topological polar surface area (TPSA) is 92.7 Å². The predicted octanol–water partition coefficient (Wildman–Crippen LogP) is 0.471. The van der Waals surface area contributed by atoms with Crippen molar-refractivity contribution in [3.8, 4) is 0 Å². The van der Waals surface area contributed by atoms with Gasteiger partial charge in [-0.1, -0.05) is 6.92 Å². The molecular weight excluding hydrogens is 332 g/mol. The zero-order chi connectivity index (χ0) is 17.4. The largest absolute Gasteiger partial charge is 0.469 e. The number of ether oxygens (including phenoxy) is 1. The minimum atomic E-state index is -0.327. The van der Waals surface area contributed by atoms with E-state index in [1.165, 1.54) is 12.0 Å². The normalized spacial score (nSPS) is 26.5. The molecule has 0 aromatic carbocycles. The molecule has 1 aromatic rings. The summed E-state index contributed by atoms with van der Waals surface area (Å²) in [5, 5.41) is 0. The van der Waals surface area contributed by atoms with Gasteiger partial charge < -0.3 is 14.5 Å². The van der Waals surface area contributed by atoms with Crippen LogP contribution >= 0.6 is 11.7 Å². The molecule has 8 nitrogen and oxygen atoms in total. The van der Waals surface area contributed by atoms with Gasteiger partial charge in [0.25, 0.3) is 5.91 Å². The highest BCUT2D eigenvalue weighted by atomic mass is 32.1. The van der Waals surface area contributed by atoms with Crippen molar-refractivity contribution < 1.29 is 19.1 Å². The van der Waals surface area contributed by atoms with Gasteiger partial charge in [-0.25, -0.2) is 0 Å². The molecule has 9 heteroatoms. The number of esters is 1. The summed E-state index contributed by atoms with van der Waals surface area (Å²) in [5.74, 6) is -1.02. The first kappa shape index (κ1) is 16.8. The maximum Gasteiger partial charge on any atom is 0.310 e. The van der Waals surface area contributed by atoms with Crippen LogP contribution in [0.5, 0.6) is 0 Å². The summed E-state index contributed by atoms with van der Waals surface area (Å²) in [6.45, 7) is 4.10. The lowest BCUT2D eigenvalue weighted by Gasteiger charge is -2.39. The molecule has 3 rings (SSSR count). The van der Waals surface area contributed by atoms with Crippen molar-refractivity contribution in [1.29, 1.82) is 0 Å². The van der Waals surface area contributed by atoms with Crippen molar-refractivity contribution in [1.82, 2.24) is 18.5 Å². The second-order valence-corrected chi connectivity index (χ2v) is 6.71. The summed E-state index contributed by atoms with van der Waals surface area (Å²) in [5.41, 5.74) is 0.876. The van der Waals surface area contributed by atoms with E-state index in [1.807, 2.05) is 6.92 Å². The molecule has 2 aliphatic rings. The van der Waals surface area contributed by atoms with Crippen LogP contribution in [0, 0.1) is 12.8 Å². The number of rotatable bonds is 3. The molecule has 2 aliphatic heterocycles. The summed E-state index contributed by atoms with van der Waals surface area (Å²) < 4.78 is 12.9. The van der Waals surface area contributed by atoms with Crippen molar-refractivity contribution in [2.24, 2.45) is 5.92 Å². The van der Waals surface area contributed by atoms with Gasteiger partial charge in [-0.3, -0.25) is 14.4 Å². The van der Waals surface area contributed by atoms with Crippen LogP contribution in [0.1, 0.15) is 35.9 Å². The molecule has 2 amide bonds. The molecule has 0 radical (unpaired) electrons. The highest BCUT2D eigenvalue weighted by Crippen LogP contribution is 2.35. The Balaban J connectivity index is 1.81.